The largest absolute Gasteiger partial charge is 0.496 e. The molecule has 1 aromatic carbocycles. The number of hydrogen-bond acceptors (Lipinski definition) is 3. The Bertz CT molecular complexity index is 509. The molecule has 0 unspecified atom stereocenters. The van der Waals surface area contributed by atoms with Gasteiger partial charge >= 0.3 is 0 Å². The van der Waals surface area contributed by atoms with E-state index in [1.165, 1.54) is 0 Å². The molecule has 17 heavy (non-hydrogen) atoms. The number of rotatable bonds is 4. The second-order valence-corrected chi connectivity index (χ2v) is 4.49. The van der Waals surface area contributed by atoms with Gasteiger partial charge in [-0.25, -0.2) is 4.98 Å². The van der Waals surface area contributed by atoms with Gasteiger partial charge in [-0.3, -0.25) is 0 Å². The van der Waals surface area contributed by atoms with E-state index in [1.807, 2.05) is 24.4 Å². The number of pyridine rings is 1. The first-order valence-electron chi connectivity index (χ1n) is 5.88. The zero-order valence-electron chi connectivity index (χ0n) is 10.5. The highest BCUT2D eigenvalue weighted by Gasteiger charge is 2.06. The maximum atomic E-state index is 5.35. The van der Waals surface area contributed by atoms with Gasteiger partial charge in [0.1, 0.15) is 11.6 Å². The maximum Gasteiger partial charge on any atom is 0.133 e. The summed E-state index contributed by atoms with van der Waals surface area (Å²) in [6.45, 7) is 5.28. The van der Waals surface area contributed by atoms with Gasteiger partial charge in [0.05, 0.1) is 7.11 Å². The van der Waals surface area contributed by atoms with Gasteiger partial charge in [0.15, 0.2) is 0 Å². The Kier molecular flexibility index (Phi) is 3.47. The van der Waals surface area contributed by atoms with Crippen LogP contribution in [0.3, 0.4) is 0 Å². The molecule has 0 saturated heterocycles. The fourth-order valence-corrected chi connectivity index (χ4v) is 1.80. The Morgan fingerprint density at radius 2 is 2.06 bits per heavy atom. The number of nitrogens with zero attached hydrogens (tertiary/aromatic N) is 1. The van der Waals surface area contributed by atoms with Crippen LogP contribution in [-0.4, -0.2) is 18.6 Å². The average molecular weight is 230 g/mol. The van der Waals surface area contributed by atoms with Gasteiger partial charge in [0.25, 0.3) is 0 Å². The number of nitrogens with one attached hydrogen (secondary N) is 1. The molecule has 0 aliphatic heterocycles. The molecule has 0 saturated carbocycles. The predicted molar refractivity (Wildman–Crippen MR) is 71.6 cm³/mol. The number of hydrogen-bond donors (Lipinski definition) is 1. The Morgan fingerprint density at radius 1 is 1.24 bits per heavy atom. The van der Waals surface area contributed by atoms with E-state index in [2.05, 4.69) is 30.2 Å². The van der Waals surface area contributed by atoms with E-state index < -0.39 is 0 Å². The number of benzene rings is 1. The number of anilines is 1. The third kappa shape index (κ3) is 2.49. The van der Waals surface area contributed by atoms with Crippen molar-refractivity contribution in [1.82, 2.24) is 4.98 Å². The van der Waals surface area contributed by atoms with Crippen molar-refractivity contribution in [1.29, 1.82) is 0 Å². The standard InChI is InChI=1S/C14H18N2O/c1-10(2)9-16-14-12-5-4-6-13(17-3)11(12)7-8-15-14/h4-8,10H,9H2,1-3H3,(H,15,16). The molecule has 0 radical (unpaired) electrons. The van der Waals surface area contributed by atoms with Crippen molar-refractivity contribution in [2.75, 3.05) is 19.0 Å². The van der Waals surface area contributed by atoms with E-state index in [1.54, 1.807) is 7.11 Å². The minimum Gasteiger partial charge on any atom is -0.496 e. The highest BCUT2D eigenvalue weighted by molar-refractivity contribution is 5.95. The topological polar surface area (TPSA) is 34.1 Å². The summed E-state index contributed by atoms with van der Waals surface area (Å²) < 4.78 is 5.35. The number of fused-ring (bicyclic) bond motifs is 1. The summed E-state index contributed by atoms with van der Waals surface area (Å²) in [5.41, 5.74) is 0. The SMILES string of the molecule is COc1cccc2c(NCC(C)C)nccc12. The van der Waals surface area contributed by atoms with Gasteiger partial charge in [0, 0.05) is 23.5 Å². The van der Waals surface area contributed by atoms with Crippen LogP contribution in [0.4, 0.5) is 5.82 Å². The molecule has 3 heteroatoms. The van der Waals surface area contributed by atoms with Crippen molar-refractivity contribution < 1.29 is 4.74 Å². The molecule has 0 amide bonds. The van der Waals surface area contributed by atoms with Crippen LogP contribution in [0.2, 0.25) is 0 Å². The van der Waals surface area contributed by atoms with Crippen LogP contribution in [0, 0.1) is 5.92 Å². The molecular formula is C14H18N2O. The highest BCUT2D eigenvalue weighted by atomic mass is 16.5. The zero-order chi connectivity index (χ0) is 12.3. The third-order valence-electron chi connectivity index (χ3n) is 2.66. The molecule has 0 bridgehead atoms. The summed E-state index contributed by atoms with van der Waals surface area (Å²) in [4.78, 5) is 4.39. The van der Waals surface area contributed by atoms with Crippen molar-refractivity contribution in [2.24, 2.45) is 5.92 Å². The van der Waals surface area contributed by atoms with Crippen molar-refractivity contribution in [3.05, 3.63) is 30.5 Å². The minimum absolute atomic E-state index is 0.595. The summed E-state index contributed by atoms with van der Waals surface area (Å²) in [5, 5.41) is 5.57. The van der Waals surface area contributed by atoms with Crippen molar-refractivity contribution in [3.8, 4) is 5.75 Å². The lowest BCUT2D eigenvalue weighted by Gasteiger charge is -2.12. The van der Waals surface area contributed by atoms with Gasteiger partial charge in [-0.15, -0.1) is 0 Å². The van der Waals surface area contributed by atoms with E-state index in [0.29, 0.717) is 5.92 Å². The molecular weight excluding hydrogens is 212 g/mol. The third-order valence-corrected chi connectivity index (χ3v) is 2.66. The Balaban J connectivity index is 2.43. The van der Waals surface area contributed by atoms with Crippen LogP contribution in [0.25, 0.3) is 10.8 Å². The fourth-order valence-electron chi connectivity index (χ4n) is 1.80. The molecule has 2 aromatic rings. The molecule has 0 aliphatic carbocycles. The van der Waals surface area contributed by atoms with Crippen LogP contribution < -0.4 is 10.1 Å². The first-order valence-corrected chi connectivity index (χ1v) is 5.88. The smallest absolute Gasteiger partial charge is 0.133 e. The number of ether oxygens (including phenoxy) is 1. The van der Waals surface area contributed by atoms with E-state index in [0.717, 1.165) is 28.9 Å². The summed E-state index contributed by atoms with van der Waals surface area (Å²) in [7, 11) is 1.69. The van der Waals surface area contributed by atoms with Crippen LogP contribution in [0.15, 0.2) is 30.5 Å². The normalized spacial score (nSPS) is 10.8. The minimum atomic E-state index is 0.595. The first kappa shape index (κ1) is 11.7. The first-order chi connectivity index (χ1) is 8.22. The van der Waals surface area contributed by atoms with E-state index in [9.17, 15) is 0 Å². The zero-order valence-corrected chi connectivity index (χ0v) is 10.5. The Morgan fingerprint density at radius 3 is 2.76 bits per heavy atom. The fraction of sp³-hybridized carbons (Fsp3) is 0.357. The van der Waals surface area contributed by atoms with Gasteiger partial charge in [-0.2, -0.15) is 0 Å². The predicted octanol–water partition coefficient (Wildman–Crippen LogP) is 3.31. The Labute approximate surface area is 102 Å². The average Bonchev–Trinajstić information content (AvgIpc) is 2.35. The molecule has 2 rings (SSSR count). The van der Waals surface area contributed by atoms with Crippen LogP contribution in [0.5, 0.6) is 5.75 Å². The van der Waals surface area contributed by atoms with Gasteiger partial charge in [0.2, 0.25) is 0 Å². The van der Waals surface area contributed by atoms with E-state index in [-0.39, 0.29) is 0 Å². The van der Waals surface area contributed by atoms with E-state index >= 15 is 0 Å². The lowest BCUT2D eigenvalue weighted by molar-refractivity contribution is 0.420. The molecule has 90 valence electrons. The number of methoxy groups -OCH3 is 1. The van der Waals surface area contributed by atoms with Gasteiger partial charge in [-0.1, -0.05) is 26.0 Å². The van der Waals surface area contributed by atoms with Crippen LogP contribution in [0.1, 0.15) is 13.8 Å². The van der Waals surface area contributed by atoms with Gasteiger partial charge < -0.3 is 10.1 Å². The molecule has 0 fully saturated rings. The molecule has 1 aromatic heterocycles. The molecule has 1 N–H and O–H groups in total. The second kappa shape index (κ2) is 5.04. The van der Waals surface area contributed by atoms with Crippen molar-refractivity contribution >= 4 is 16.6 Å². The van der Waals surface area contributed by atoms with Crippen LogP contribution in [-0.2, 0) is 0 Å². The van der Waals surface area contributed by atoms with E-state index in [4.69, 9.17) is 4.74 Å². The highest BCUT2D eigenvalue weighted by Crippen LogP contribution is 2.28. The van der Waals surface area contributed by atoms with Gasteiger partial charge in [-0.05, 0) is 18.1 Å². The van der Waals surface area contributed by atoms with Crippen molar-refractivity contribution in [3.63, 3.8) is 0 Å². The lowest BCUT2D eigenvalue weighted by atomic mass is 10.1. The summed E-state index contributed by atoms with van der Waals surface area (Å²) in [6, 6.07) is 8.00. The molecule has 3 nitrogen and oxygen atoms in total. The summed E-state index contributed by atoms with van der Waals surface area (Å²) in [6.07, 6.45) is 1.81. The van der Waals surface area contributed by atoms with Crippen LogP contribution >= 0.6 is 0 Å². The Hall–Kier alpha value is -1.77. The summed E-state index contributed by atoms with van der Waals surface area (Å²) in [5.74, 6) is 2.41. The monoisotopic (exact) mass is 230 g/mol. The van der Waals surface area contributed by atoms with Crippen molar-refractivity contribution in [2.45, 2.75) is 13.8 Å². The molecule has 0 aliphatic rings. The molecule has 0 atom stereocenters. The lowest BCUT2D eigenvalue weighted by Crippen LogP contribution is -2.09. The second-order valence-electron chi connectivity index (χ2n) is 4.49. The maximum absolute atomic E-state index is 5.35. The molecule has 0 spiro atoms. The molecule has 1 heterocycles. The quantitative estimate of drug-likeness (QED) is 0.875. The summed E-state index contributed by atoms with van der Waals surface area (Å²) >= 11 is 0. The number of aromatic nitrogens is 1.